The lowest BCUT2D eigenvalue weighted by atomic mass is 9.91. The summed E-state index contributed by atoms with van der Waals surface area (Å²) in [6.07, 6.45) is 6.52. The number of benzene rings is 1. The number of anilines is 1. The van der Waals surface area contributed by atoms with Crippen molar-refractivity contribution in [2.24, 2.45) is 5.92 Å². The Kier molecular flexibility index (Phi) is 7.05. The number of hydrogen-bond acceptors (Lipinski definition) is 9. The van der Waals surface area contributed by atoms with E-state index >= 15 is 0 Å². The van der Waals surface area contributed by atoms with Gasteiger partial charge in [-0.3, -0.25) is 9.97 Å². The minimum atomic E-state index is -3.07. The Morgan fingerprint density at radius 3 is 2.57 bits per heavy atom. The van der Waals surface area contributed by atoms with Gasteiger partial charge in [-0.15, -0.1) is 0 Å². The van der Waals surface area contributed by atoms with Crippen molar-refractivity contribution in [1.82, 2.24) is 24.7 Å². The highest BCUT2D eigenvalue weighted by Crippen LogP contribution is 2.37. The van der Waals surface area contributed by atoms with Crippen LogP contribution < -0.4 is 14.4 Å². The van der Waals surface area contributed by atoms with Crippen molar-refractivity contribution >= 4 is 26.4 Å². The number of hydrogen-bond donors (Lipinski definition) is 0. The summed E-state index contributed by atoms with van der Waals surface area (Å²) < 4.78 is 36.8. The molecule has 0 spiro atoms. The molecular weight excluding hydrogens is 552 g/mol. The number of aryl methyl sites for hydroxylation is 1. The molecule has 5 heterocycles. The van der Waals surface area contributed by atoms with Crippen molar-refractivity contribution in [3.63, 3.8) is 0 Å². The van der Waals surface area contributed by atoms with Crippen LogP contribution in [-0.2, 0) is 9.84 Å². The Labute approximate surface area is 244 Å². The molecule has 1 saturated heterocycles. The van der Waals surface area contributed by atoms with Crippen molar-refractivity contribution in [3.8, 4) is 39.8 Å². The molecule has 6 rings (SSSR count). The normalized spacial score (nSPS) is 16.8. The number of rotatable bonds is 8. The fourth-order valence-corrected chi connectivity index (χ4v) is 6.73. The maximum atomic E-state index is 12.0. The average Bonchev–Trinajstić information content (AvgIpc) is 3.43. The van der Waals surface area contributed by atoms with Gasteiger partial charge >= 0.3 is 0 Å². The molecule has 0 radical (unpaired) electrons. The summed E-state index contributed by atoms with van der Waals surface area (Å²) in [6.45, 7) is 4.66. The lowest BCUT2D eigenvalue weighted by molar-refractivity contribution is 0.341. The van der Waals surface area contributed by atoms with Gasteiger partial charge in [0.2, 0.25) is 0 Å². The maximum Gasteiger partial charge on any atom is 0.156 e. The van der Waals surface area contributed by atoms with Gasteiger partial charge in [-0.1, -0.05) is 12.1 Å². The number of sulfone groups is 1. The van der Waals surface area contributed by atoms with E-state index in [0.717, 1.165) is 50.5 Å². The topological polar surface area (TPSA) is 112 Å². The summed E-state index contributed by atoms with van der Waals surface area (Å²) >= 11 is 0. The quantitative estimate of drug-likeness (QED) is 0.255. The van der Waals surface area contributed by atoms with Crippen molar-refractivity contribution in [1.29, 1.82) is 0 Å². The van der Waals surface area contributed by atoms with E-state index in [2.05, 4.69) is 16.8 Å². The largest absolute Gasteiger partial charge is 0.497 e. The van der Waals surface area contributed by atoms with Gasteiger partial charge in [0.15, 0.2) is 5.82 Å². The van der Waals surface area contributed by atoms with Gasteiger partial charge in [-0.05, 0) is 44.2 Å². The monoisotopic (exact) mass is 584 g/mol. The molecule has 4 aromatic heterocycles. The molecule has 0 bridgehead atoms. The zero-order chi connectivity index (χ0) is 29.6. The summed E-state index contributed by atoms with van der Waals surface area (Å²) in [7, 11) is 0.192. The molecule has 0 unspecified atom stereocenters. The molecule has 216 valence electrons. The Hall–Kier alpha value is -4.51. The van der Waals surface area contributed by atoms with Gasteiger partial charge in [-0.25, -0.2) is 18.1 Å². The fraction of sp³-hybridized carbons (Fsp3) is 0.290. The predicted molar refractivity (Wildman–Crippen MR) is 163 cm³/mol. The first-order valence-electron chi connectivity index (χ1n) is 13.6. The smallest absolute Gasteiger partial charge is 0.156 e. The third kappa shape index (κ3) is 5.16. The fourth-order valence-electron chi connectivity index (χ4n) is 5.57. The van der Waals surface area contributed by atoms with Crippen LogP contribution in [0.25, 0.3) is 39.2 Å². The van der Waals surface area contributed by atoms with Crippen molar-refractivity contribution < 1.29 is 17.9 Å². The van der Waals surface area contributed by atoms with Crippen molar-refractivity contribution in [2.75, 3.05) is 37.7 Å². The van der Waals surface area contributed by atoms with E-state index in [1.54, 1.807) is 32.8 Å². The molecule has 1 aliphatic rings. The molecule has 1 aromatic carbocycles. The Bertz CT molecular complexity index is 1910. The summed E-state index contributed by atoms with van der Waals surface area (Å²) in [5.41, 5.74) is 5.76. The van der Waals surface area contributed by atoms with E-state index < -0.39 is 9.84 Å². The highest BCUT2D eigenvalue weighted by atomic mass is 32.2. The molecule has 2 atom stereocenters. The average molecular weight is 585 g/mol. The van der Waals surface area contributed by atoms with E-state index in [-0.39, 0.29) is 17.7 Å². The Morgan fingerprint density at radius 1 is 1.00 bits per heavy atom. The van der Waals surface area contributed by atoms with E-state index in [4.69, 9.17) is 24.5 Å². The number of nitrogens with zero attached hydrogens (tertiary/aromatic N) is 6. The van der Waals surface area contributed by atoms with Crippen LogP contribution in [0.5, 0.6) is 11.5 Å². The van der Waals surface area contributed by atoms with Crippen LogP contribution in [0.2, 0.25) is 0 Å². The second-order valence-corrected chi connectivity index (χ2v) is 12.9. The predicted octanol–water partition coefficient (Wildman–Crippen LogP) is 4.74. The number of methoxy groups -OCH3 is 2. The Balaban J connectivity index is 1.49. The lowest BCUT2D eigenvalue weighted by Crippen LogP contribution is -2.57. The van der Waals surface area contributed by atoms with E-state index in [9.17, 15) is 8.42 Å². The van der Waals surface area contributed by atoms with Gasteiger partial charge < -0.3 is 14.4 Å². The van der Waals surface area contributed by atoms with Gasteiger partial charge in [0.1, 0.15) is 21.3 Å². The molecule has 0 saturated carbocycles. The first-order chi connectivity index (χ1) is 20.1. The second-order valence-electron chi connectivity index (χ2n) is 10.7. The summed E-state index contributed by atoms with van der Waals surface area (Å²) in [5, 5.41) is 5.65. The number of pyridine rings is 3. The maximum absolute atomic E-state index is 12.0. The van der Waals surface area contributed by atoms with Crippen LogP contribution in [0.15, 0.2) is 67.1 Å². The van der Waals surface area contributed by atoms with Crippen LogP contribution in [0.4, 0.5) is 5.69 Å². The molecule has 0 aliphatic carbocycles. The van der Waals surface area contributed by atoms with Crippen LogP contribution >= 0.6 is 0 Å². The van der Waals surface area contributed by atoms with Gasteiger partial charge in [0.25, 0.3) is 0 Å². The van der Waals surface area contributed by atoms with Crippen LogP contribution in [0.3, 0.4) is 0 Å². The van der Waals surface area contributed by atoms with Gasteiger partial charge in [0.05, 0.1) is 48.6 Å². The summed E-state index contributed by atoms with van der Waals surface area (Å²) in [4.78, 5) is 16.4. The minimum absolute atomic E-state index is 0.0543. The molecule has 1 aliphatic heterocycles. The Morgan fingerprint density at radius 2 is 1.83 bits per heavy atom. The zero-order valence-electron chi connectivity index (χ0n) is 24.1. The molecule has 1 fully saturated rings. The second kappa shape index (κ2) is 10.7. The van der Waals surface area contributed by atoms with E-state index in [1.807, 2.05) is 60.1 Å². The molecule has 42 heavy (non-hydrogen) atoms. The highest BCUT2D eigenvalue weighted by molar-refractivity contribution is 7.90. The van der Waals surface area contributed by atoms with Crippen LogP contribution in [0.1, 0.15) is 12.6 Å². The van der Waals surface area contributed by atoms with Crippen LogP contribution in [0, 0.1) is 12.8 Å². The van der Waals surface area contributed by atoms with Crippen molar-refractivity contribution in [2.45, 2.75) is 19.9 Å². The molecule has 0 N–H and O–H groups in total. The first-order valence-corrected chi connectivity index (χ1v) is 15.7. The summed E-state index contributed by atoms with van der Waals surface area (Å²) in [6, 6.07) is 15.6. The van der Waals surface area contributed by atoms with Crippen molar-refractivity contribution in [3.05, 3.63) is 72.8 Å². The minimum Gasteiger partial charge on any atom is -0.497 e. The number of fused-ring (bicyclic) bond motifs is 1. The summed E-state index contributed by atoms with van der Waals surface area (Å²) in [5.74, 6) is 2.27. The van der Waals surface area contributed by atoms with Crippen LogP contribution in [-0.4, -0.2) is 72.0 Å². The zero-order valence-corrected chi connectivity index (χ0v) is 25.0. The molecule has 0 amide bonds. The standard InChI is InChI=1S/C31H32N6O4S/c1-19-25-16-33-37(29(25)14-28(34-19)26-15-32-10-9-30(26)41-4)31-13-23(36-17-22(20(36)2)18-42(5,38)39)12-27(35-31)21-7-6-8-24(11-21)40-3/h6-16,20,22H,17-18H2,1-5H3/t20-,22-/m1/s1. The number of aromatic nitrogens is 5. The van der Waals surface area contributed by atoms with E-state index in [1.165, 1.54) is 6.26 Å². The van der Waals surface area contributed by atoms with Gasteiger partial charge in [0, 0.05) is 65.6 Å². The number of ether oxygens (including phenoxy) is 2. The molecule has 11 heteroatoms. The SMILES string of the molecule is COc1cccc(-c2cc(N3C[C@H](CS(C)(=O)=O)[C@H]3C)cc(-n3ncc4c(C)nc(-c5cnccc5OC)cc43)n2)c1. The molecule has 5 aromatic rings. The molecule has 10 nitrogen and oxygen atoms in total. The lowest BCUT2D eigenvalue weighted by Gasteiger charge is -2.48. The third-order valence-corrected chi connectivity index (χ3v) is 8.90. The van der Waals surface area contributed by atoms with Gasteiger partial charge in [-0.2, -0.15) is 5.10 Å². The van der Waals surface area contributed by atoms with E-state index in [0.29, 0.717) is 18.1 Å². The third-order valence-electron chi connectivity index (χ3n) is 7.87. The molecular formula is C31H32N6O4S. The first kappa shape index (κ1) is 27.6. The highest BCUT2D eigenvalue weighted by Gasteiger charge is 2.38.